The van der Waals surface area contributed by atoms with Crippen LogP contribution in [-0.4, -0.2) is 32.0 Å². The van der Waals surface area contributed by atoms with Gasteiger partial charge >= 0.3 is 5.97 Å². The van der Waals surface area contributed by atoms with E-state index in [0.717, 1.165) is 10.5 Å². The Morgan fingerprint density at radius 3 is 2.31 bits per heavy atom. The van der Waals surface area contributed by atoms with Gasteiger partial charge in [-0.25, -0.2) is 4.90 Å². The molecule has 0 fully saturated rings. The third kappa shape index (κ3) is 4.03. The molecule has 29 heavy (non-hydrogen) atoms. The summed E-state index contributed by atoms with van der Waals surface area (Å²) in [6.45, 7) is 1.33. The highest BCUT2D eigenvalue weighted by Gasteiger charge is 2.38. The lowest BCUT2D eigenvalue weighted by atomic mass is 10.0. The van der Waals surface area contributed by atoms with Crippen LogP contribution in [0.25, 0.3) is 11.3 Å². The number of halogens is 1. The zero-order valence-corrected chi connectivity index (χ0v) is 17.1. The number of anilines is 1. The summed E-state index contributed by atoms with van der Waals surface area (Å²) in [4.78, 5) is 37.5. The van der Waals surface area contributed by atoms with Gasteiger partial charge in [-0.2, -0.15) is 0 Å². The Hall–Kier alpha value is -3.12. The fraction of sp³-hybridized carbons (Fsp3) is 0.227. The first-order valence-corrected chi connectivity index (χ1v) is 9.34. The number of methoxy groups -OCH3 is 2. The predicted molar refractivity (Wildman–Crippen MR) is 110 cm³/mol. The summed E-state index contributed by atoms with van der Waals surface area (Å²) < 4.78 is 10.2. The van der Waals surface area contributed by atoms with E-state index in [1.807, 2.05) is 24.3 Å². The van der Waals surface area contributed by atoms with Gasteiger partial charge < -0.3 is 9.47 Å². The first-order valence-electron chi connectivity index (χ1n) is 8.96. The van der Waals surface area contributed by atoms with Crippen molar-refractivity contribution in [2.45, 2.75) is 19.8 Å². The molecule has 2 aromatic rings. The first kappa shape index (κ1) is 20.6. The number of fused-ring (bicyclic) bond motifs is 1. The summed E-state index contributed by atoms with van der Waals surface area (Å²) in [5.74, 6) is -0.768. The average molecular weight is 414 g/mol. The SMILES string of the molecule is COC(=O)CCc1ccc(C(OC)=C2C(=O)N(C(C)=O)c3cc(Cl)ccc32)cc1. The van der Waals surface area contributed by atoms with Gasteiger partial charge in [-0.1, -0.05) is 41.9 Å². The molecule has 0 aliphatic carbocycles. The third-order valence-corrected chi connectivity index (χ3v) is 4.93. The Bertz CT molecular complexity index is 1010. The van der Waals surface area contributed by atoms with Crippen LogP contribution in [-0.2, 0) is 30.3 Å². The van der Waals surface area contributed by atoms with E-state index in [0.29, 0.717) is 39.6 Å². The molecule has 2 amide bonds. The second-order valence-corrected chi connectivity index (χ2v) is 6.94. The molecule has 0 bridgehead atoms. The Labute approximate surface area is 173 Å². The number of benzene rings is 2. The molecule has 7 heteroatoms. The average Bonchev–Trinajstić information content (AvgIpc) is 2.99. The fourth-order valence-electron chi connectivity index (χ4n) is 3.31. The van der Waals surface area contributed by atoms with Gasteiger partial charge in [0.15, 0.2) is 0 Å². The maximum absolute atomic E-state index is 13.0. The van der Waals surface area contributed by atoms with Crippen LogP contribution in [0.4, 0.5) is 5.69 Å². The zero-order valence-electron chi connectivity index (χ0n) is 16.3. The quantitative estimate of drug-likeness (QED) is 0.423. The van der Waals surface area contributed by atoms with Crippen LogP contribution in [0.1, 0.15) is 30.0 Å². The van der Waals surface area contributed by atoms with E-state index in [1.54, 1.807) is 18.2 Å². The molecule has 3 rings (SSSR count). The standard InChI is InChI=1S/C22H20ClNO5/c1-13(25)24-18-12-16(23)9-10-17(18)20(22(24)27)21(29-3)15-7-4-14(5-8-15)6-11-19(26)28-2/h4-5,7-10,12H,6,11H2,1-3H3. The number of carbonyl (C=O) groups is 3. The molecule has 1 heterocycles. The maximum atomic E-state index is 13.0. The van der Waals surface area contributed by atoms with Crippen molar-refractivity contribution < 1.29 is 23.9 Å². The van der Waals surface area contributed by atoms with E-state index in [9.17, 15) is 14.4 Å². The summed E-state index contributed by atoms with van der Waals surface area (Å²) in [6, 6.07) is 12.3. The minimum atomic E-state index is -0.457. The lowest BCUT2D eigenvalue weighted by Crippen LogP contribution is -2.31. The number of rotatable bonds is 5. The van der Waals surface area contributed by atoms with E-state index < -0.39 is 11.8 Å². The number of nitrogens with zero attached hydrogens (tertiary/aromatic N) is 1. The topological polar surface area (TPSA) is 72.9 Å². The van der Waals surface area contributed by atoms with Gasteiger partial charge in [0, 0.05) is 29.5 Å². The van der Waals surface area contributed by atoms with E-state index in [-0.39, 0.29) is 12.4 Å². The van der Waals surface area contributed by atoms with Crippen LogP contribution < -0.4 is 4.90 Å². The van der Waals surface area contributed by atoms with Crippen molar-refractivity contribution in [1.82, 2.24) is 0 Å². The zero-order chi connectivity index (χ0) is 21.1. The lowest BCUT2D eigenvalue weighted by molar-refractivity contribution is -0.140. The number of aryl methyl sites for hydroxylation is 1. The van der Waals surface area contributed by atoms with Crippen molar-refractivity contribution in [3.63, 3.8) is 0 Å². The number of ether oxygens (including phenoxy) is 2. The highest BCUT2D eigenvalue weighted by Crippen LogP contribution is 2.42. The fourth-order valence-corrected chi connectivity index (χ4v) is 3.47. The highest BCUT2D eigenvalue weighted by atomic mass is 35.5. The van der Waals surface area contributed by atoms with Crippen LogP contribution in [0, 0.1) is 0 Å². The Morgan fingerprint density at radius 2 is 1.72 bits per heavy atom. The second-order valence-electron chi connectivity index (χ2n) is 6.50. The van der Waals surface area contributed by atoms with Gasteiger partial charge in [-0.15, -0.1) is 0 Å². The minimum Gasteiger partial charge on any atom is -0.495 e. The van der Waals surface area contributed by atoms with Crippen molar-refractivity contribution in [3.05, 3.63) is 64.2 Å². The van der Waals surface area contributed by atoms with Gasteiger partial charge in [-0.3, -0.25) is 14.4 Å². The summed E-state index contributed by atoms with van der Waals surface area (Å²) >= 11 is 6.07. The molecule has 1 aliphatic heterocycles. The van der Waals surface area contributed by atoms with Crippen LogP contribution in [0.15, 0.2) is 42.5 Å². The van der Waals surface area contributed by atoms with Crippen molar-refractivity contribution in [2.24, 2.45) is 0 Å². The maximum Gasteiger partial charge on any atom is 0.305 e. The molecule has 0 atom stereocenters. The summed E-state index contributed by atoms with van der Waals surface area (Å²) in [5.41, 5.74) is 2.96. The van der Waals surface area contributed by atoms with E-state index in [1.165, 1.54) is 21.1 Å². The normalized spacial score (nSPS) is 14.5. The van der Waals surface area contributed by atoms with E-state index >= 15 is 0 Å². The molecule has 150 valence electrons. The largest absolute Gasteiger partial charge is 0.495 e. The second kappa shape index (κ2) is 8.49. The molecule has 0 radical (unpaired) electrons. The summed E-state index contributed by atoms with van der Waals surface area (Å²) in [7, 11) is 2.84. The van der Waals surface area contributed by atoms with E-state index in [4.69, 9.17) is 16.3 Å². The van der Waals surface area contributed by atoms with Gasteiger partial charge in [0.25, 0.3) is 5.91 Å². The van der Waals surface area contributed by atoms with Crippen LogP contribution >= 0.6 is 11.6 Å². The number of imide groups is 1. The lowest BCUT2D eigenvalue weighted by Gasteiger charge is -2.13. The molecule has 2 aromatic carbocycles. The third-order valence-electron chi connectivity index (χ3n) is 4.69. The molecule has 0 unspecified atom stereocenters. The van der Waals surface area contributed by atoms with Crippen molar-refractivity contribution in [1.29, 1.82) is 0 Å². The number of carbonyl (C=O) groups excluding carboxylic acids is 3. The monoisotopic (exact) mass is 413 g/mol. The number of hydrogen-bond acceptors (Lipinski definition) is 5. The molecule has 1 aliphatic rings. The molecule has 0 saturated carbocycles. The van der Waals surface area contributed by atoms with Gasteiger partial charge in [0.05, 0.1) is 25.5 Å². The predicted octanol–water partition coefficient (Wildman–Crippen LogP) is 3.85. The molecule has 0 aromatic heterocycles. The highest BCUT2D eigenvalue weighted by molar-refractivity contribution is 6.43. The van der Waals surface area contributed by atoms with Crippen molar-refractivity contribution >= 4 is 46.4 Å². The van der Waals surface area contributed by atoms with Gasteiger partial charge in [-0.05, 0) is 24.1 Å². The van der Waals surface area contributed by atoms with Crippen LogP contribution in [0.3, 0.4) is 0 Å². The van der Waals surface area contributed by atoms with Crippen LogP contribution in [0.5, 0.6) is 0 Å². The van der Waals surface area contributed by atoms with E-state index in [2.05, 4.69) is 4.74 Å². The number of amides is 2. The van der Waals surface area contributed by atoms with Gasteiger partial charge in [0.2, 0.25) is 5.91 Å². The minimum absolute atomic E-state index is 0.273. The number of esters is 1. The Morgan fingerprint density at radius 1 is 1.03 bits per heavy atom. The summed E-state index contributed by atoms with van der Waals surface area (Å²) in [5, 5.41) is 0.429. The molecular formula is C22H20ClNO5. The molecule has 0 spiro atoms. The number of hydrogen-bond donors (Lipinski definition) is 0. The smallest absolute Gasteiger partial charge is 0.305 e. The molecule has 6 nitrogen and oxygen atoms in total. The van der Waals surface area contributed by atoms with Crippen molar-refractivity contribution in [3.8, 4) is 0 Å². The van der Waals surface area contributed by atoms with Gasteiger partial charge in [0.1, 0.15) is 5.76 Å². The van der Waals surface area contributed by atoms with Crippen LogP contribution in [0.2, 0.25) is 5.02 Å². The molecular weight excluding hydrogens is 394 g/mol. The summed E-state index contributed by atoms with van der Waals surface area (Å²) in [6.07, 6.45) is 0.832. The molecule has 0 N–H and O–H groups in total. The first-order chi connectivity index (χ1) is 13.9. The Kier molecular flexibility index (Phi) is 6.03. The van der Waals surface area contributed by atoms with Crippen molar-refractivity contribution in [2.75, 3.05) is 19.1 Å². The molecule has 0 saturated heterocycles. The Balaban J connectivity index is 2.03.